The van der Waals surface area contributed by atoms with Crippen LogP contribution in [-0.4, -0.2) is 48.6 Å². The van der Waals surface area contributed by atoms with E-state index in [0.29, 0.717) is 5.96 Å². The molecule has 2 N–H and O–H groups in total. The molecule has 0 aliphatic carbocycles. The number of guanidine groups is 1. The summed E-state index contributed by atoms with van der Waals surface area (Å²) >= 11 is 1.69. The molecule has 0 spiro atoms. The molecule has 2 aromatic rings. The Morgan fingerprint density at radius 2 is 1.88 bits per heavy atom. The van der Waals surface area contributed by atoms with Gasteiger partial charge in [0, 0.05) is 44.3 Å². The fourth-order valence-electron chi connectivity index (χ4n) is 3.05. The van der Waals surface area contributed by atoms with E-state index in [1.165, 1.54) is 18.4 Å². The molecule has 134 valence electrons. The number of aliphatic imine (C=N–C) groups is 1. The number of thiazole rings is 1. The van der Waals surface area contributed by atoms with Crippen LogP contribution in [0.2, 0.25) is 0 Å². The minimum absolute atomic E-state index is 0.696. The summed E-state index contributed by atoms with van der Waals surface area (Å²) < 4.78 is 0. The number of nitrogens with zero attached hydrogens (tertiary/aromatic N) is 4. The van der Waals surface area contributed by atoms with Crippen molar-refractivity contribution >= 4 is 22.4 Å². The number of aryl methyl sites for hydroxylation is 1. The fraction of sp³-hybridized carbons (Fsp3) is 0.474. The Labute approximate surface area is 154 Å². The van der Waals surface area contributed by atoms with Gasteiger partial charge in [-0.3, -0.25) is 4.99 Å². The standard InChI is InChI=1S/C19H27N5S/c20-18(21-10-6-2-5-9-17-7-3-1-4-8-17)23-12-14-24(15-13-23)19-22-11-16-25-19/h1,3-4,7-8,11,16H,2,5-6,9-10,12-15H2,(H2,20,21). The molecule has 0 radical (unpaired) electrons. The molecule has 1 aliphatic heterocycles. The lowest BCUT2D eigenvalue weighted by atomic mass is 10.1. The van der Waals surface area contributed by atoms with Crippen LogP contribution in [0, 0.1) is 0 Å². The summed E-state index contributed by atoms with van der Waals surface area (Å²) in [7, 11) is 0. The van der Waals surface area contributed by atoms with E-state index in [9.17, 15) is 0 Å². The maximum atomic E-state index is 6.16. The number of anilines is 1. The van der Waals surface area contributed by atoms with Gasteiger partial charge >= 0.3 is 0 Å². The molecule has 1 aromatic heterocycles. The van der Waals surface area contributed by atoms with E-state index >= 15 is 0 Å². The number of hydrogen-bond donors (Lipinski definition) is 1. The van der Waals surface area contributed by atoms with Gasteiger partial charge in [-0.1, -0.05) is 36.8 Å². The van der Waals surface area contributed by atoms with E-state index in [4.69, 9.17) is 5.73 Å². The van der Waals surface area contributed by atoms with Crippen LogP contribution in [0.5, 0.6) is 0 Å². The summed E-state index contributed by atoms with van der Waals surface area (Å²) in [5.74, 6) is 0.696. The van der Waals surface area contributed by atoms with E-state index in [-0.39, 0.29) is 0 Å². The number of aromatic nitrogens is 1. The SMILES string of the molecule is NC(=NCCCCCc1ccccc1)N1CCN(c2nccs2)CC1. The van der Waals surface area contributed by atoms with Crippen LogP contribution >= 0.6 is 11.3 Å². The lowest BCUT2D eigenvalue weighted by Crippen LogP contribution is -2.51. The van der Waals surface area contributed by atoms with Crippen LogP contribution in [0.25, 0.3) is 0 Å². The molecule has 1 aliphatic rings. The fourth-order valence-corrected chi connectivity index (χ4v) is 3.75. The topological polar surface area (TPSA) is 57.8 Å². The second kappa shape index (κ2) is 9.42. The molecule has 0 bridgehead atoms. The van der Waals surface area contributed by atoms with Crippen molar-refractivity contribution < 1.29 is 0 Å². The van der Waals surface area contributed by atoms with Gasteiger partial charge in [0.1, 0.15) is 0 Å². The van der Waals surface area contributed by atoms with Crippen molar-refractivity contribution in [3.05, 3.63) is 47.5 Å². The highest BCUT2D eigenvalue weighted by Gasteiger charge is 2.19. The molecule has 1 saturated heterocycles. The first-order valence-corrected chi connectivity index (χ1v) is 9.94. The molecular formula is C19H27N5S. The van der Waals surface area contributed by atoms with Crippen molar-refractivity contribution in [3.63, 3.8) is 0 Å². The number of piperazine rings is 1. The lowest BCUT2D eigenvalue weighted by molar-refractivity contribution is 0.380. The summed E-state index contributed by atoms with van der Waals surface area (Å²) in [6.07, 6.45) is 6.53. The van der Waals surface area contributed by atoms with Gasteiger partial charge in [-0.25, -0.2) is 4.98 Å². The number of rotatable bonds is 7. The molecule has 0 unspecified atom stereocenters. The van der Waals surface area contributed by atoms with Gasteiger partial charge < -0.3 is 15.5 Å². The summed E-state index contributed by atoms with van der Waals surface area (Å²) in [6.45, 7) is 4.58. The highest BCUT2D eigenvalue weighted by atomic mass is 32.1. The Kier molecular flexibility index (Phi) is 6.68. The Balaban J connectivity index is 1.31. The molecule has 3 rings (SSSR count). The monoisotopic (exact) mass is 357 g/mol. The third-order valence-electron chi connectivity index (χ3n) is 4.53. The second-order valence-electron chi connectivity index (χ2n) is 6.32. The van der Waals surface area contributed by atoms with E-state index < -0.39 is 0 Å². The molecular weight excluding hydrogens is 330 g/mol. The Hall–Kier alpha value is -2.08. The summed E-state index contributed by atoms with van der Waals surface area (Å²) in [5.41, 5.74) is 7.58. The third-order valence-corrected chi connectivity index (χ3v) is 5.37. The first-order chi connectivity index (χ1) is 12.3. The van der Waals surface area contributed by atoms with Crippen molar-refractivity contribution in [3.8, 4) is 0 Å². The lowest BCUT2D eigenvalue weighted by Gasteiger charge is -2.35. The van der Waals surface area contributed by atoms with E-state index in [1.54, 1.807) is 11.3 Å². The van der Waals surface area contributed by atoms with Gasteiger partial charge in [0.25, 0.3) is 0 Å². The predicted molar refractivity (Wildman–Crippen MR) is 106 cm³/mol. The maximum absolute atomic E-state index is 6.16. The second-order valence-corrected chi connectivity index (χ2v) is 7.20. The number of unbranched alkanes of at least 4 members (excludes halogenated alkanes) is 2. The van der Waals surface area contributed by atoms with Crippen LogP contribution in [-0.2, 0) is 6.42 Å². The van der Waals surface area contributed by atoms with E-state index in [2.05, 4.69) is 50.1 Å². The largest absolute Gasteiger partial charge is 0.370 e. The van der Waals surface area contributed by atoms with E-state index in [1.807, 2.05) is 11.6 Å². The van der Waals surface area contributed by atoms with Gasteiger partial charge in [0.2, 0.25) is 0 Å². The Morgan fingerprint density at radius 1 is 1.08 bits per heavy atom. The first kappa shape index (κ1) is 17.7. The maximum Gasteiger partial charge on any atom is 0.191 e. The van der Waals surface area contributed by atoms with Gasteiger partial charge in [-0.15, -0.1) is 11.3 Å². The van der Waals surface area contributed by atoms with Crippen LogP contribution in [0.15, 0.2) is 46.9 Å². The zero-order chi connectivity index (χ0) is 17.3. The number of benzene rings is 1. The van der Waals surface area contributed by atoms with E-state index in [0.717, 1.165) is 50.7 Å². The first-order valence-electron chi connectivity index (χ1n) is 9.06. The molecule has 0 saturated carbocycles. The normalized spacial score (nSPS) is 15.6. The van der Waals surface area contributed by atoms with Crippen molar-refractivity contribution in [2.24, 2.45) is 10.7 Å². The summed E-state index contributed by atoms with van der Waals surface area (Å²) in [4.78, 5) is 13.4. The van der Waals surface area contributed by atoms with Crippen molar-refractivity contribution in [1.82, 2.24) is 9.88 Å². The molecule has 5 nitrogen and oxygen atoms in total. The van der Waals surface area contributed by atoms with Crippen LogP contribution in [0.3, 0.4) is 0 Å². The molecule has 1 aromatic carbocycles. The third kappa shape index (κ3) is 5.46. The van der Waals surface area contributed by atoms with Crippen molar-refractivity contribution in [1.29, 1.82) is 0 Å². The zero-order valence-corrected chi connectivity index (χ0v) is 15.5. The highest BCUT2D eigenvalue weighted by molar-refractivity contribution is 7.13. The number of nitrogens with two attached hydrogens (primary N) is 1. The molecule has 0 atom stereocenters. The summed E-state index contributed by atoms with van der Waals surface area (Å²) in [6, 6.07) is 10.7. The Bertz CT molecular complexity index is 633. The van der Waals surface area contributed by atoms with Crippen LogP contribution in [0.4, 0.5) is 5.13 Å². The van der Waals surface area contributed by atoms with Gasteiger partial charge in [-0.2, -0.15) is 0 Å². The quantitative estimate of drug-likeness (QED) is 0.470. The van der Waals surface area contributed by atoms with Gasteiger partial charge in [-0.05, 0) is 24.8 Å². The smallest absolute Gasteiger partial charge is 0.191 e. The molecule has 1 fully saturated rings. The van der Waals surface area contributed by atoms with Crippen LogP contribution < -0.4 is 10.6 Å². The Morgan fingerprint density at radius 3 is 2.60 bits per heavy atom. The molecule has 25 heavy (non-hydrogen) atoms. The average molecular weight is 358 g/mol. The van der Waals surface area contributed by atoms with Gasteiger partial charge in [0.05, 0.1) is 0 Å². The molecule has 2 heterocycles. The van der Waals surface area contributed by atoms with Gasteiger partial charge in [0.15, 0.2) is 11.1 Å². The highest BCUT2D eigenvalue weighted by Crippen LogP contribution is 2.18. The summed E-state index contributed by atoms with van der Waals surface area (Å²) in [5, 5.41) is 3.13. The minimum atomic E-state index is 0.696. The average Bonchev–Trinajstić information content (AvgIpc) is 3.20. The van der Waals surface area contributed by atoms with Crippen LogP contribution in [0.1, 0.15) is 24.8 Å². The van der Waals surface area contributed by atoms with Crippen molar-refractivity contribution in [2.45, 2.75) is 25.7 Å². The zero-order valence-electron chi connectivity index (χ0n) is 14.7. The predicted octanol–water partition coefficient (Wildman–Crippen LogP) is 2.99. The molecule has 6 heteroatoms. The number of hydrogen-bond acceptors (Lipinski definition) is 4. The van der Waals surface area contributed by atoms with Crippen molar-refractivity contribution in [2.75, 3.05) is 37.6 Å². The minimum Gasteiger partial charge on any atom is -0.370 e. The molecule has 0 amide bonds.